The minimum atomic E-state index is 0.554. The first-order valence-corrected chi connectivity index (χ1v) is 10.9. The van der Waals surface area contributed by atoms with Crippen LogP contribution in [0.2, 0.25) is 0 Å². The number of hydrogen-bond donors (Lipinski definition) is 1. The van der Waals surface area contributed by atoms with E-state index in [1.807, 2.05) is 36.4 Å². The molecule has 2 heterocycles. The van der Waals surface area contributed by atoms with Crippen molar-refractivity contribution in [2.45, 2.75) is 38.1 Å². The van der Waals surface area contributed by atoms with Gasteiger partial charge in [-0.05, 0) is 49.2 Å². The number of pyridine rings is 1. The molecule has 1 aliphatic carbocycles. The fraction of sp³-hybridized carbons (Fsp3) is 0.304. The molecule has 6 heteroatoms. The fourth-order valence-corrected chi connectivity index (χ4v) is 4.87. The molecule has 1 fully saturated rings. The van der Waals surface area contributed by atoms with E-state index >= 15 is 0 Å². The number of ether oxygens (including phenoxy) is 2. The zero-order valence-electron chi connectivity index (χ0n) is 16.4. The van der Waals surface area contributed by atoms with Crippen molar-refractivity contribution in [3.8, 4) is 17.2 Å². The van der Waals surface area contributed by atoms with E-state index in [1.54, 1.807) is 24.6 Å². The van der Waals surface area contributed by atoms with Crippen molar-refractivity contribution in [3.63, 3.8) is 0 Å². The van der Waals surface area contributed by atoms with Gasteiger partial charge in [0.1, 0.15) is 17.2 Å². The van der Waals surface area contributed by atoms with Crippen LogP contribution in [-0.2, 0) is 0 Å². The number of aromatic nitrogens is 2. The maximum absolute atomic E-state index is 6.22. The van der Waals surface area contributed by atoms with Crippen molar-refractivity contribution < 1.29 is 9.47 Å². The minimum absolute atomic E-state index is 0.554. The van der Waals surface area contributed by atoms with Gasteiger partial charge >= 0.3 is 0 Å². The van der Waals surface area contributed by atoms with E-state index in [1.165, 1.54) is 32.1 Å². The Morgan fingerprint density at radius 3 is 2.66 bits per heavy atom. The second-order valence-electron chi connectivity index (χ2n) is 7.42. The molecular weight excluding hydrogens is 382 g/mol. The molecule has 0 spiro atoms. The van der Waals surface area contributed by atoms with Crippen LogP contribution in [0, 0.1) is 0 Å². The molecule has 0 saturated heterocycles. The number of methoxy groups -OCH3 is 1. The third kappa shape index (κ3) is 3.85. The topological polar surface area (TPSA) is 56.3 Å². The zero-order chi connectivity index (χ0) is 19.6. The van der Waals surface area contributed by atoms with Crippen LogP contribution in [0.5, 0.6) is 17.2 Å². The van der Waals surface area contributed by atoms with Gasteiger partial charge in [-0.1, -0.05) is 30.6 Å². The highest BCUT2D eigenvalue weighted by molar-refractivity contribution is 7.22. The van der Waals surface area contributed by atoms with E-state index in [0.717, 1.165) is 43.5 Å². The van der Waals surface area contributed by atoms with Gasteiger partial charge in [0.15, 0.2) is 5.13 Å². The van der Waals surface area contributed by atoms with Crippen LogP contribution in [-0.4, -0.2) is 23.1 Å². The molecule has 0 amide bonds. The Labute approximate surface area is 173 Å². The molecule has 1 aliphatic rings. The normalized spacial score (nSPS) is 14.9. The summed E-state index contributed by atoms with van der Waals surface area (Å²) in [5, 5.41) is 5.55. The molecule has 0 aliphatic heterocycles. The van der Waals surface area contributed by atoms with Crippen molar-refractivity contribution in [1.82, 2.24) is 9.97 Å². The molecule has 2 aromatic carbocycles. The molecule has 148 valence electrons. The van der Waals surface area contributed by atoms with Crippen molar-refractivity contribution in [2.24, 2.45) is 0 Å². The van der Waals surface area contributed by atoms with E-state index in [9.17, 15) is 0 Å². The van der Waals surface area contributed by atoms with Crippen molar-refractivity contribution in [1.29, 1.82) is 0 Å². The van der Waals surface area contributed by atoms with Gasteiger partial charge in [0.2, 0.25) is 0 Å². The van der Waals surface area contributed by atoms with Gasteiger partial charge in [-0.15, -0.1) is 0 Å². The molecule has 1 saturated carbocycles. The third-order valence-electron chi connectivity index (χ3n) is 5.43. The summed E-state index contributed by atoms with van der Waals surface area (Å²) in [7, 11) is 1.66. The van der Waals surface area contributed by atoms with Crippen LogP contribution in [0.4, 0.5) is 5.13 Å². The maximum Gasteiger partial charge on any atom is 0.184 e. The summed E-state index contributed by atoms with van der Waals surface area (Å²) < 4.78 is 12.7. The summed E-state index contributed by atoms with van der Waals surface area (Å²) in [5.41, 5.74) is 1.88. The molecule has 4 aromatic rings. The average molecular weight is 406 g/mol. The standard InChI is InChI=1S/C23H23N3O2S/c1-27-16-7-9-19-18(13-16)21(11-12-24-19)28-17-8-10-20-22(14-17)29-23(26-20)25-15-5-3-2-4-6-15/h7-15H,2-6H2,1H3,(H,25,26). The Kier molecular flexibility index (Phi) is 4.94. The van der Waals surface area contributed by atoms with Crippen molar-refractivity contribution in [3.05, 3.63) is 48.7 Å². The summed E-state index contributed by atoms with van der Waals surface area (Å²) in [6.45, 7) is 0. The first-order valence-electron chi connectivity index (χ1n) is 10.1. The summed E-state index contributed by atoms with van der Waals surface area (Å²) in [6, 6.07) is 14.3. The van der Waals surface area contributed by atoms with Crippen LogP contribution in [0.25, 0.3) is 21.1 Å². The van der Waals surface area contributed by atoms with Gasteiger partial charge in [0.25, 0.3) is 0 Å². The lowest BCUT2D eigenvalue weighted by molar-refractivity contribution is 0.415. The number of nitrogens with one attached hydrogen (secondary N) is 1. The molecule has 5 rings (SSSR count). The Morgan fingerprint density at radius 1 is 0.966 bits per heavy atom. The highest BCUT2D eigenvalue weighted by Gasteiger charge is 2.15. The smallest absolute Gasteiger partial charge is 0.184 e. The molecule has 29 heavy (non-hydrogen) atoms. The van der Waals surface area contributed by atoms with Crippen molar-refractivity contribution in [2.75, 3.05) is 12.4 Å². The van der Waals surface area contributed by atoms with Gasteiger partial charge in [-0.2, -0.15) is 0 Å². The van der Waals surface area contributed by atoms with Gasteiger partial charge in [0, 0.05) is 23.7 Å². The number of anilines is 1. The van der Waals surface area contributed by atoms with Gasteiger partial charge in [-0.3, -0.25) is 4.98 Å². The van der Waals surface area contributed by atoms with Gasteiger partial charge < -0.3 is 14.8 Å². The van der Waals surface area contributed by atoms with Gasteiger partial charge in [0.05, 0.1) is 22.8 Å². The van der Waals surface area contributed by atoms with Crippen LogP contribution in [0.1, 0.15) is 32.1 Å². The molecule has 0 radical (unpaired) electrons. The van der Waals surface area contributed by atoms with E-state index in [0.29, 0.717) is 6.04 Å². The van der Waals surface area contributed by atoms with E-state index in [2.05, 4.69) is 16.4 Å². The van der Waals surface area contributed by atoms with E-state index in [-0.39, 0.29) is 0 Å². The Balaban J connectivity index is 1.41. The second kappa shape index (κ2) is 7.87. The van der Waals surface area contributed by atoms with Crippen LogP contribution < -0.4 is 14.8 Å². The Hall–Kier alpha value is -2.86. The molecule has 1 N–H and O–H groups in total. The summed E-state index contributed by atoms with van der Waals surface area (Å²) in [5.74, 6) is 2.34. The van der Waals surface area contributed by atoms with Crippen LogP contribution in [0.15, 0.2) is 48.7 Å². The molecule has 2 aromatic heterocycles. The predicted molar refractivity (Wildman–Crippen MR) is 118 cm³/mol. The summed E-state index contributed by atoms with van der Waals surface area (Å²) in [6.07, 6.45) is 8.22. The highest BCUT2D eigenvalue weighted by Crippen LogP contribution is 2.35. The SMILES string of the molecule is COc1ccc2nccc(Oc3ccc4nc(NC5CCCCC5)sc4c3)c2c1. The largest absolute Gasteiger partial charge is 0.497 e. The summed E-state index contributed by atoms with van der Waals surface area (Å²) >= 11 is 1.69. The lowest BCUT2D eigenvalue weighted by Crippen LogP contribution is -2.21. The number of nitrogens with zero attached hydrogens (tertiary/aromatic N) is 2. The Bertz CT molecular complexity index is 1150. The number of rotatable bonds is 5. The molecule has 5 nitrogen and oxygen atoms in total. The molecule has 0 atom stereocenters. The average Bonchev–Trinajstić information content (AvgIpc) is 3.16. The lowest BCUT2D eigenvalue weighted by atomic mass is 9.96. The van der Waals surface area contributed by atoms with Gasteiger partial charge in [-0.25, -0.2) is 4.98 Å². The van der Waals surface area contributed by atoms with Crippen molar-refractivity contribution >= 4 is 37.6 Å². The number of hydrogen-bond acceptors (Lipinski definition) is 6. The number of benzene rings is 2. The predicted octanol–water partition coefficient (Wildman–Crippen LogP) is 6.39. The van der Waals surface area contributed by atoms with Crippen LogP contribution in [0.3, 0.4) is 0 Å². The third-order valence-corrected chi connectivity index (χ3v) is 6.38. The van der Waals surface area contributed by atoms with E-state index < -0.39 is 0 Å². The van der Waals surface area contributed by atoms with E-state index in [4.69, 9.17) is 14.5 Å². The molecule has 0 bridgehead atoms. The second-order valence-corrected chi connectivity index (χ2v) is 8.45. The monoisotopic (exact) mass is 405 g/mol. The Morgan fingerprint density at radius 2 is 1.79 bits per heavy atom. The first kappa shape index (κ1) is 18.2. The zero-order valence-corrected chi connectivity index (χ0v) is 17.2. The number of thiazole rings is 1. The highest BCUT2D eigenvalue weighted by atomic mass is 32.1. The molecule has 0 unspecified atom stereocenters. The van der Waals surface area contributed by atoms with Crippen LogP contribution >= 0.6 is 11.3 Å². The minimum Gasteiger partial charge on any atom is -0.497 e. The quantitative estimate of drug-likeness (QED) is 0.417. The maximum atomic E-state index is 6.22. The molecular formula is C23H23N3O2S. The lowest BCUT2D eigenvalue weighted by Gasteiger charge is -2.22. The summed E-state index contributed by atoms with van der Waals surface area (Å²) in [4.78, 5) is 9.17. The number of fused-ring (bicyclic) bond motifs is 2. The first-order chi connectivity index (χ1) is 14.3. The fourth-order valence-electron chi connectivity index (χ4n) is 3.89.